The van der Waals surface area contributed by atoms with Gasteiger partial charge in [0.05, 0.1) is 4.90 Å². The summed E-state index contributed by atoms with van der Waals surface area (Å²) in [6.45, 7) is 6.94. The van der Waals surface area contributed by atoms with E-state index in [1.165, 1.54) is 4.31 Å². The molecule has 6 heteroatoms. The molecule has 0 radical (unpaired) electrons. The van der Waals surface area contributed by atoms with E-state index in [9.17, 15) is 13.2 Å². The quantitative estimate of drug-likeness (QED) is 0.842. The van der Waals surface area contributed by atoms with Gasteiger partial charge in [0.2, 0.25) is 10.0 Å². The average molecular weight is 350 g/mol. The van der Waals surface area contributed by atoms with Crippen molar-refractivity contribution in [3.8, 4) is 0 Å². The second kappa shape index (κ2) is 6.84. The Morgan fingerprint density at radius 1 is 1.08 bits per heavy atom. The van der Waals surface area contributed by atoms with Crippen LogP contribution in [0.3, 0.4) is 0 Å². The highest BCUT2D eigenvalue weighted by Crippen LogP contribution is 2.25. The molecular formula is C18H26N2O3S. The van der Waals surface area contributed by atoms with Gasteiger partial charge in [0.25, 0.3) is 5.91 Å². The molecule has 132 valence electrons. The maximum absolute atomic E-state index is 12.8. The average Bonchev–Trinajstić information content (AvgIpc) is 3.08. The van der Waals surface area contributed by atoms with Crippen molar-refractivity contribution < 1.29 is 13.2 Å². The number of likely N-dealkylation sites (tertiary alicyclic amines) is 1. The van der Waals surface area contributed by atoms with Crippen LogP contribution < -0.4 is 0 Å². The van der Waals surface area contributed by atoms with Crippen molar-refractivity contribution in [1.29, 1.82) is 0 Å². The molecule has 0 aliphatic carbocycles. The fraction of sp³-hybridized carbons (Fsp3) is 0.611. The minimum absolute atomic E-state index is 0.0631. The number of benzene rings is 1. The van der Waals surface area contributed by atoms with Gasteiger partial charge in [-0.2, -0.15) is 4.31 Å². The Kier molecular flexibility index (Phi) is 4.97. The molecule has 0 spiro atoms. The van der Waals surface area contributed by atoms with Crippen LogP contribution >= 0.6 is 0 Å². The van der Waals surface area contributed by atoms with E-state index >= 15 is 0 Å². The van der Waals surface area contributed by atoms with Gasteiger partial charge in [0.15, 0.2) is 0 Å². The largest absolute Gasteiger partial charge is 0.338 e. The van der Waals surface area contributed by atoms with Crippen LogP contribution in [0.25, 0.3) is 0 Å². The van der Waals surface area contributed by atoms with Crippen LogP contribution in [-0.2, 0) is 10.0 Å². The van der Waals surface area contributed by atoms with Crippen molar-refractivity contribution >= 4 is 15.9 Å². The van der Waals surface area contributed by atoms with E-state index < -0.39 is 10.0 Å². The minimum Gasteiger partial charge on any atom is -0.338 e. The first-order chi connectivity index (χ1) is 11.4. The third kappa shape index (κ3) is 3.49. The zero-order valence-electron chi connectivity index (χ0n) is 14.4. The number of sulfonamides is 1. The van der Waals surface area contributed by atoms with Crippen LogP contribution in [0, 0.1) is 11.8 Å². The number of carbonyl (C=O) groups is 1. The molecule has 1 aromatic rings. The number of nitrogens with zero attached hydrogens (tertiary/aromatic N) is 2. The Morgan fingerprint density at radius 3 is 2.33 bits per heavy atom. The van der Waals surface area contributed by atoms with Crippen molar-refractivity contribution in [2.45, 2.75) is 38.0 Å². The van der Waals surface area contributed by atoms with Crippen LogP contribution in [-0.4, -0.2) is 49.7 Å². The standard InChI is InChI=1S/C18H26N2O3S/c1-14-10-15(2)13-19(12-14)18(21)16-6-5-7-17(11-16)24(22,23)20-8-3-4-9-20/h5-7,11,14-15H,3-4,8-10,12-13H2,1-2H3. The molecule has 1 amide bonds. The van der Waals surface area contributed by atoms with Gasteiger partial charge in [-0.05, 0) is 49.3 Å². The number of carbonyl (C=O) groups excluding carboxylic acids is 1. The van der Waals surface area contributed by atoms with E-state index in [2.05, 4.69) is 13.8 Å². The van der Waals surface area contributed by atoms with Gasteiger partial charge in [0.1, 0.15) is 0 Å². The molecule has 0 aromatic heterocycles. The summed E-state index contributed by atoms with van der Waals surface area (Å²) >= 11 is 0. The predicted molar refractivity (Wildman–Crippen MR) is 93.3 cm³/mol. The second-order valence-electron chi connectivity index (χ2n) is 7.30. The van der Waals surface area contributed by atoms with Crippen molar-refractivity contribution in [3.05, 3.63) is 29.8 Å². The maximum atomic E-state index is 12.8. The number of amides is 1. The maximum Gasteiger partial charge on any atom is 0.253 e. The zero-order valence-corrected chi connectivity index (χ0v) is 15.3. The molecule has 2 atom stereocenters. The van der Waals surface area contributed by atoms with Crippen molar-refractivity contribution in [1.82, 2.24) is 9.21 Å². The molecule has 0 N–H and O–H groups in total. The van der Waals surface area contributed by atoms with Gasteiger partial charge in [-0.15, -0.1) is 0 Å². The van der Waals surface area contributed by atoms with E-state index in [0.29, 0.717) is 30.5 Å². The predicted octanol–water partition coefficient (Wildman–Crippen LogP) is 2.59. The van der Waals surface area contributed by atoms with E-state index in [0.717, 1.165) is 32.4 Å². The Labute approximate surface area is 144 Å². The summed E-state index contributed by atoms with van der Waals surface area (Å²) in [4.78, 5) is 14.9. The van der Waals surface area contributed by atoms with Gasteiger partial charge in [-0.25, -0.2) is 8.42 Å². The highest BCUT2D eigenvalue weighted by atomic mass is 32.2. The molecule has 2 aliphatic heterocycles. The first-order valence-electron chi connectivity index (χ1n) is 8.77. The van der Waals surface area contributed by atoms with E-state index in [1.54, 1.807) is 24.3 Å². The summed E-state index contributed by atoms with van der Waals surface area (Å²) in [5.74, 6) is 0.898. The molecular weight excluding hydrogens is 324 g/mol. The van der Waals surface area contributed by atoms with E-state index in [1.807, 2.05) is 4.90 Å². The number of hydrogen-bond acceptors (Lipinski definition) is 3. The van der Waals surface area contributed by atoms with Crippen molar-refractivity contribution in [2.24, 2.45) is 11.8 Å². The number of piperidine rings is 1. The lowest BCUT2D eigenvalue weighted by atomic mass is 9.91. The fourth-order valence-corrected chi connectivity index (χ4v) is 5.44. The van der Waals surface area contributed by atoms with Crippen molar-refractivity contribution in [2.75, 3.05) is 26.2 Å². The summed E-state index contributed by atoms with van der Waals surface area (Å²) in [6, 6.07) is 6.52. The monoisotopic (exact) mass is 350 g/mol. The Balaban J connectivity index is 1.83. The molecule has 5 nitrogen and oxygen atoms in total. The van der Waals surface area contributed by atoms with Crippen LogP contribution in [0.1, 0.15) is 43.5 Å². The highest BCUT2D eigenvalue weighted by Gasteiger charge is 2.29. The van der Waals surface area contributed by atoms with Crippen molar-refractivity contribution in [3.63, 3.8) is 0 Å². The normalized spacial score (nSPS) is 25.8. The van der Waals surface area contributed by atoms with Crippen LogP contribution in [0.5, 0.6) is 0 Å². The molecule has 24 heavy (non-hydrogen) atoms. The lowest BCUT2D eigenvalue weighted by molar-refractivity contribution is 0.0623. The van der Waals surface area contributed by atoms with Gasteiger partial charge >= 0.3 is 0 Å². The van der Waals surface area contributed by atoms with Crippen LogP contribution in [0.4, 0.5) is 0 Å². The van der Waals surface area contributed by atoms with Crippen LogP contribution in [0.2, 0.25) is 0 Å². The molecule has 1 aromatic carbocycles. The topological polar surface area (TPSA) is 57.7 Å². The molecule has 2 saturated heterocycles. The minimum atomic E-state index is -3.48. The summed E-state index contributed by atoms with van der Waals surface area (Å²) < 4.78 is 26.9. The Morgan fingerprint density at radius 2 is 1.71 bits per heavy atom. The summed E-state index contributed by atoms with van der Waals surface area (Å²) in [5.41, 5.74) is 0.469. The Hall–Kier alpha value is -1.40. The molecule has 0 saturated carbocycles. The molecule has 2 heterocycles. The molecule has 0 bridgehead atoms. The first-order valence-corrected chi connectivity index (χ1v) is 10.2. The van der Waals surface area contributed by atoms with Crippen LogP contribution in [0.15, 0.2) is 29.2 Å². The van der Waals surface area contributed by atoms with E-state index in [-0.39, 0.29) is 10.8 Å². The lowest BCUT2D eigenvalue weighted by Crippen LogP contribution is -2.42. The second-order valence-corrected chi connectivity index (χ2v) is 9.23. The van der Waals surface area contributed by atoms with E-state index in [4.69, 9.17) is 0 Å². The lowest BCUT2D eigenvalue weighted by Gasteiger charge is -2.35. The van der Waals surface area contributed by atoms with Gasteiger partial charge < -0.3 is 4.90 Å². The first kappa shape index (κ1) is 17.4. The highest BCUT2D eigenvalue weighted by molar-refractivity contribution is 7.89. The SMILES string of the molecule is CC1CC(C)CN(C(=O)c2cccc(S(=O)(=O)N3CCCC3)c2)C1. The smallest absolute Gasteiger partial charge is 0.253 e. The molecule has 2 aliphatic rings. The summed E-state index contributed by atoms with van der Waals surface area (Å²) in [7, 11) is -3.48. The third-order valence-electron chi connectivity index (χ3n) is 4.94. The molecule has 2 unspecified atom stereocenters. The number of hydrogen-bond donors (Lipinski definition) is 0. The summed E-state index contributed by atoms with van der Waals surface area (Å²) in [6.07, 6.45) is 2.94. The van der Waals surface area contributed by atoms with Gasteiger partial charge in [0, 0.05) is 31.7 Å². The van der Waals surface area contributed by atoms with Gasteiger partial charge in [-0.3, -0.25) is 4.79 Å². The zero-order chi connectivity index (χ0) is 17.3. The third-order valence-corrected chi connectivity index (χ3v) is 6.83. The van der Waals surface area contributed by atoms with Gasteiger partial charge in [-0.1, -0.05) is 19.9 Å². The fourth-order valence-electron chi connectivity index (χ4n) is 3.88. The molecule has 2 fully saturated rings. The molecule has 3 rings (SSSR count). The Bertz CT molecular complexity index is 701. The summed E-state index contributed by atoms with van der Waals surface area (Å²) in [5, 5.41) is 0. The number of rotatable bonds is 3.